The van der Waals surface area contributed by atoms with Crippen molar-refractivity contribution in [2.45, 2.75) is 26.1 Å². The van der Waals surface area contributed by atoms with Crippen LogP contribution in [0, 0.1) is 0 Å². The summed E-state index contributed by atoms with van der Waals surface area (Å²) in [5, 5.41) is 2.73. The molecule has 0 atom stereocenters. The fraction of sp³-hybridized carbons (Fsp3) is 0.269. The first-order valence-electron chi connectivity index (χ1n) is 11.2. The third-order valence-electron chi connectivity index (χ3n) is 5.41. The fourth-order valence-corrected chi connectivity index (χ4v) is 4.40. The van der Waals surface area contributed by atoms with E-state index in [1.807, 2.05) is 24.3 Å². The van der Waals surface area contributed by atoms with E-state index in [9.17, 15) is 26.4 Å². The van der Waals surface area contributed by atoms with Crippen LogP contribution < -0.4 is 14.4 Å². The Morgan fingerprint density at radius 3 is 2.14 bits per heavy atom. The van der Waals surface area contributed by atoms with E-state index in [-0.39, 0.29) is 25.6 Å². The van der Waals surface area contributed by atoms with Gasteiger partial charge >= 0.3 is 6.18 Å². The predicted octanol–water partition coefficient (Wildman–Crippen LogP) is 5.04. The maximum atomic E-state index is 13.5. The summed E-state index contributed by atoms with van der Waals surface area (Å²) in [5.74, 6) is 0.349. The highest BCUT2D eigenvalue weighted by atomic mass is 32.2. The minimum Gasteiger partial charge on any atom is -0.492 e. The van der Waals surface area contributed by atoms with E-state index >= 15 is 0 Å². The van der Waals surface area contributed by atoms with E-state index in [2.05, 4.69) is 12.2 Å². The summed E-state index contributed by atoms with van der Waals surface area (Å²) in [6.07, 6.45) is -2.94. The fourth-order valence-electron chi connectivity index (χ4n) is 3.50. The summed E-state index contributed by atoms with van der Waals surface area (Å²) >= 11 is 0. The van der Waals surface area contributed by atoms with Crippen molar-refractivity contribution in [3.8, 4) is 5.75 Å². The van der Waals surface area contributed by atoms with Crippen molar-refractivity contribution in [3.63, 3.8) is 0 Å². The van der Waals surface area contributed by atoms with Crippen molar-refractivity contribution in [1.29, 1.82) is 0 Å². The van der Waals surface area contributed by atoms with Gasteiger partial charge in [0.15, 0.2) is 0 Å². The molecule has 6 nitrogen and oxygen atoms in total. The van der Waals surface area contributed by atoms with Gasteiger partial charge < -0.3 is 10.1 Å². The molecule has 3 aromatic carbocycles. The van der Waals surface area contributed by atoms with Crippen molar-refractivity contribution in [2.24, 2.45) is 0 Å². The molecular formula is C26H27F3N2O4S. The number of nitrogens with zero attached hydrogens (tertiary/aromatic N) is 1. The number of anilines is 1. The van der Waals surface area contributed by atoms with Gasteiger partial charge in [-0.25, -0.2) is 8.42 Å². The largest absolute Gasteiger partial charge is 0.492 e. The number of aryl methyl sites for hydroxylation is 1. The molecule has 36 heavy (non-hydrogen) atoms. The Kier molecular flexibility index (Phi) is 8.62. The lowest BCUT2D eigenvalue weighted by atomic mass is 10.1. The molecule has 0 radical (unpaired) electrons. The van der Waals surface area contributed by atoms with Gasteiger partial charge in [0.1, 0.15) is 12.4 Å². The number of para-hydroxylation sites is 1. The van der Waals surface area contributed by atoms with E-state index in [1.54, 1.807) is 0 Å². The van der Waals surface area contributed by atoms with Crippen LogP contribution in [0.25, 0.3) is 0 Å². The molecule has 1 N–H and O–H groups in total. The normalized spacial score (nSPS) is 11.7. The van der Waals surface area contributed by atoms with Crippen LogP contribution in [0.2, 0.25) is 0 Å². The molecule has 1 amide bonds. The summed E-state index contributed by atoms with van der Waals surface area (Å²) in [6.45, 7) is 2.29. The van der Waals surface area contributed by atoms with Crippen molar-refractivity contribution in [1.82, 2.24) is 5.32 Å². The van der Waals surface area contributed by atoms with Gasteiger partial charge in [-0.05, 0) is 53.9 Å². The highest BCUT2D eigenvalue weighted by Gasteiger charge is 2.36. The Bertz CT molecular complexity index is 1280. The van der Waals surface area contributed by atoms with Gasteiger partial charge in [-0.3, -0.25) is 9.10 Å². The van der Waals surface area contributed by atoms with Gasteiger partial charge in [0.25, 0.3) is 5.91 Å². The molecule has 3 aromatic rings. The zero-order valence-corrected chi connectivity index (χ0v) is 20.7. The smallest absolute Gasteiger partial charge is 0.418 e. The molecule has 0 aliphatic carbocycles. The SMILES string of the molecule is CCc1ccc(OCCNC(=O)c2ccc(CN(c3ccccc3C(F)(F)F)S(C)(=O)=O)cc2)cc1. The monoisotopic (exact) mass is 520 g/mol. The van der Waals surface area contributed by atoms with Crippen LogP contribution >= 0.6 is 0 Å². The summed E-state index contributed by atoms with van der Waals surface area (Å²) < 4.78 is 71.4. The molecule has 0 saturated heterocycles. The topological polar surface area (TPSA) is 75.7 Å². The maximum absolute atomic E-state index is 13.5. The van der Waals surface area contributed by atoms with E-state index in [0.717, 1.165) is 24.8 Å². The first-order chi connectivity index (χ1) is 17.0. The first-order valence-corrected chi connectivity index (χ1v) is 13.1. The Morgan fingerprint density at radius 2 is 1.56 bits per heavy atom. The van der Waals surface area contributed by atoms with Crippen LogP contribution in [-0.4, -0.2) is 33.7 Å². The minimum atomic E-state index is -4.72. The Morgan fingerprint density at radius 1 is 0.944 bits per heavy atom. The third-order valence-corrected chi connectivity index (χ3v) is 6.54. The molecule has 3 rings (SSSR count). The number of nitrogens with one attached hydrogen (secondary N) is 1. The molecule has 10 heteroatoms. The molecule has 192 valence electrons. The van der Waals surface area contributed by atoms with Crippen LogP contribution in [0.15, 0.2) is 72.8 Å². The highest BCUT2D eigenvalue weighted by molar-refractivity contribution is 7.92. The number of benzene rings is 3. The molecule has 0 spiro atoms. The van der Waals surface area contributed by atoms with Crippen LogP contribution in [0.3, 0.4) is 0 Å². The number of sulfonamides is 1. The van der Waals surface area contributed by atoms with E-state index in [0.29, 0.717) is 21.2 Å². The summed E-state index contributed by atoms with van der Waals surface area (Å²) in [4.78, 5) is 12.4. The molecule has 0 saturated carbocycles. The summed E-state index contributed by atoms with van der Waals surface area (Å²) in [6, 6.07) is 18.2. The average Bonchev–Trinajstić information content (AvgIpc) is 2.84. The van der Waals surface area contributed by atoms with Crippen LogP contribution in [0.5, 0.6) is 5.75 Å². The number of hydrogen-bond acceptors (Lipinski definition) is 4. The molecule has 0 aromatic heterocycles. The number of ether oxygens (including phenoxy) is 1. The number of hydrogen-bond donors (Lipinski definition) is 1. The molecule has 0 fully saturated rings. The number of amides is 1. The second-order valence-electron chi connectivity index (χ2n) is 8.08. The number of carbonyl (C=O) groups is 1. The average molecular weight is 521 g/mol. The van der Waals surface area contributed by atoms with E-state index in [1.165, 1.54) is 42.0 Å². The molecule has 0 aliphatic rings. The quantitative estimate of drug-likeness (QED) is 0.380. The van der Waals surface area contributed by atoms with Gasteiger partial charge in [0.05, 0.1) is 30.6 Å². The first kappa shape index (κ1) is 27.1. The van der Waals surface area contributed by atoms with Crippen molar-refractivity contribution < 1.29 is 31.1 Å². The Balaban J connectivity index is 1.63. The van der Waals surface area contributed by atoms with Crippen LogP contribution in [0.4, 0.5) is 18.9 Å². The lowest BCUT2D eigenvalue weighted by Crippen LogP contribution is -2.31. The molecule has 0 unspecified atom stereocenters. The second kappa shape index (κ2) is 11.5. The minimum absolute atomic E-state index is 0.270. The molecular weight excluding hydrogens is 493 g/mol. The van der Waals surface area contributed by atoms with Gasteiger partial charge in [-0.1, -0.05) is 43.3 Å². The highest BCUT2D eigenvalue weighted by Crippen LogP contribution is 2.37. The maximum Gasteiger partial charge on any atom is 0.418 e. The van der Waals surface area contributed by atoms with E-state index < -0.39 is 27.5 Å². The van der Waals surface area contributed by atoms with Crippen LogP contribution in [0.1, 0.15) is 34.0 Å². The summed E-state index contributed by atoms with van der Waals surface area (Å²) in [5.41, 5.74) is 0.442. The lowest BCUT2D eigenvalue weighted by Gasteiger charge is -2.25. The van der Waals surface area contributed by atoms with E-state index in [4.69, 9.17) is 4.74 Å². The van der Waals surface area contributed by atoms with Crippen molar-refractivity contribution >= 4 is 21.6 Å². The number of rotatable bonds is 10. The van der Waals surface area contributed by atoms with Gasteiger partial charge in [0.2, 0.25) is 10.0 Å². The number of alkyl halides is 3. The molecule has 0 aliphatic heterocycles. The van der Waals surface area contributed by atoms with Crippen molar-refractivity contribution in [3.05, 3.63) is 95.1 Å². The van der Waals surface area contributed by atoms with Crippen LogP contribution in [-0.2, 0) is 29.2 Å². The second-order valence-corrected chi connectivity index (χ2v) is 9.99. The number of halogens is 3. The van der Waals surface area contributed by atoms with Gasteiger partial charge in [-0.2, -0.15) is 13.2 Å². The Labute approximate surface area is 208 Å². The third kappa shape index (κ3) is 7.24. The summed E-state index contributed by atoms with van der Waals surface area (Å²) in [7, 11) is -4.03. The zero-order chi connectivity index (χ0) is 26.3. The Hall–Kier alpha value is -3.53. The predicted molar refractivity (Wildman–Crippen MR) is 133 cm³/mol. The van der Waals surface area contributed by atoms with Gasteiger partial charge in [-0.15, -0.1) is 0 Å². The standard InChI is InChI=1S/C26H27F3N2O4S/c1-3-19-10-14-22(15-11-19)35-17-16-30-25(32)21-12-8-20(9-13-21)18-31(36(2,33)34)24-7-5-4-6-23(24)26(27,28)29/h4-15H,3,16-18H2,1-2H3,(H,30,32). The molecule has 0 heterocycles. The number of carbonyl (C=O) groups excluding carboxylic acids is 1. The van der Waals surface area contributed by atoms with Crippen molar-refractivity contribution in [2.75, 3.05) is 23.7 Å². The van der Waals surface area contributed by atoms with Gasteiger partial charge in [0, 0.05) is 5.56 Å². The molecule has 0 bridgehead atoms. The zero-order valence-electron chi connectivity index (χ0n) is 19.9. The lowest BCUT2D eigenvalue weighted by molar-refractivity contribution is -0.137.